The lowest BCUT2D eigenvalue weighted by Gasteiger charge is -2.08. The molecule has 0 radical (unpaired) electrons. The van der Waals surface area contributed by atoms with Crippen LogP contribution in [0.1, 0.15) is 31.2 Å². The molecule has 2 rings (SSSR count). The van der Waals surface area contributed by atoms with Crippen LogP contribution in [0.4, 0.5) is 0 Å². The third kappa shape index (κ3) is 2.75. The van der Waals surface area contributed by atoms with Gasteiger partial charge in [-0.2, -0.15) is 0 Å². The van der Waals surface area contributed by atoms with Gasteiger partial charge in [-0.15, -0.1) is 11.8 Å². The van der Waals surface area contributed by atoms with E-state index in [1.807, 2.05) is 23.9 Å². The van der Waals surface area contributed by atoms with Crippen LogP contribution in [-0.2, 0) is 0 Å². The van der Waals surface area contributed by atoms with Gasteiger partial charge in [-0.25, -0.2) is 0 Å². The average Bonchev–Trinajstić information content (AvgIpc) is 2.71. The molecule has 0 amide bonds. The fourth-order valence-corrected chi connectivity index (χ4v) is 3.16. The molecule has 1 aromatic rings. The first-order valence-corrected chi connectivity index (χ1v) is 6.25. The Morgan fingerprint density at radius 3 is 2.33 bits per heavy atom. The van der Waals surface area contributed by atoms with Crippen molar-refractivity contribution in [3.8, 4) is 0 Å². The molecule has 2 nitrogen and oxygen atoms in total. The summed E-state index contributed by atoms with van der Waals surface area (Å²) < 4.78 is 0. The monoisotopic (exact) mass is 220 g/mol. The Morgan fingerprint density at radius 2 is 1.80 bits per heavy atom. The molecule has 80 valence electrons. The van der Waals surface area contributed by atoms with Crippen LogP contribution in [0.3, 0.4) is 0 Å². The van der Waals surface area contributed by atoms with Gasteiger partial charge in [-0.05, 0) is 25.0 Å². The molecule has 1 saturated carbocycles. The maximum atomic E-state index is 7.30. The standard InChI is InChI=1S/C12H16N2S/c13-12(14)9-5-7-11(8-6-9)15-10-3-1-2-4-10/h5-8,10H,1-4H2,(H3,13,14). The van der Waals surface area contributed by atoms with Gasteiger partial charge in [0.2, 0.25) is 0 Å². The number of nitrogens with one attached hydrogen (secondary N) is 1. The van der Waals surface area contributed by atoms with Crippen LogP contribution in [0.15, 0.2) is 29.2 Å². The molecule has 3 heteroatoms. The maximum Gasteiger partial charge on any atom is 0.122 e. The smallest absolute Gasteiger partial charge is 0.122 e. The highest BCUT2D eigenvalue weighted by atomic mass is 32.2. The van der Waals surface area contributed by atoms with Crippen LogP contribution in [0.25, 0.3) is 0 Å². The zero-order valence-corrected chi connectivity index (χ0v) is 9.52. The highest BCUT2D eigenvalue weighted by Crippen LogP contribution is 2.34. The molecule has 1 aromatic carbocycles. The molecule has 0 heterocycles. The fraction of sp³-hybridized carbons (Fsp3) is 0.417. The van der Waals surface area contributed by atoms with Gasteiger partial charge in [0, 0.05) is 15.7 Å². The van der Waals surface area contributed by atoms with E-state index in [1.54, 1.807) is 0 Å². The van der Waals surface area contributed by atoms with Crippen molar-refractivity contribution in [2.75, 3.05) is 0 Å². The first kappa shape index (κ1) is 10.6. The van der Waals surface area contributed by atoms with Gasteiger partial charge < -0.3 is 5.73 Å². The van der Waals surface area contributed by atoms with Gasteiger partial charge in [0.1, 0.15) is 5.84 Å². The van der Waals surface area contributed by atoms with Crippen LogP contribution in [0, 0.1) is 5.41 Å². The maximum absolute atomic E-state index is 7.30. The number of nitrogens with two attached hydrogens (primary N) is 1. The van der Waals surface area contributed by atoms with E-state index < -0.39 is 0 Å². The van der Waals surface area contributed by atoms with Gasteiger partial charge in [0.25, 0.3) is 0 Å². The summed E-state index contributed by atoms with van der Waals surface area (Å²) in [7, 11) is 0. The predicted molar refractivity (Wildman–Crippen MR) is 65.6 cm³/mol. The first-order chi connectivity index (χ1) is 7.25. The van der Waals surface area contributed by atoms with Crippen molar-refractivity contribution < 1.29 is 0 Å². The zero-order valence-electron chi connectivity index (χ0n) is 8.70. The lowest BCUT2D eigenvalue weighted by atomic mass is 10.2. The van der Waals surface area contributed by atoms with Crippen LogP contribution >= 0.6 is 11.8 Å². The highest BCUT2D eigenvalue weighted by molar-refractivity contribution is 8.00. The van der Waals surface area contributed by atoms with E-state index >= 15 is 0 Å². The van der Waals surface area contributed by atoms with Crippen molar-refractivity contribution in [3.05, 3.63) is 29.8 Å². The summed E-state index contributed by atoms with van der Waals surface area (Å²) in [6.07, 6.45) is 5.45. The summed E-state index contributed by atoms with van der Waals surface area (Å²) in [4.78, 5) is 1.30. The lowest BCUT2D eigenvalue weighted by molar-refractivity contribution is 0.886. The molecule has 1 fully saturated rings. The number of nitrogen functional groups attached to an aromatic ring is 1. The SMILES string of the molecule is N=C(N)c1ccc(SC2CCCC2)cc1. The Bertz CT molecular complexity index is 339. The van der Waals surface area contributed by atoms with E-state index in [1.165, 1.54) is 30.6 Å². The second kappa shape index (κ2) is 4.71. The molecule has 15 heavy (non-hydrogen) atoms. The van der Waals surface area contributed by atoms with Crippen molar-refractivity contribution in [1.82, 2.24) is 0 Å². The highest BCUT2D eigenvalue weighted by Gasteiger charge is 2.15. The van der Waals surface area contributed by atoms with Gasteiger partial charge in [-0.1, -0.05) is 25.0 Å². The van der Waals surface area contributed by atoms with Crippen molar-refractivity contribution in [2.45, 2.75) is 35.8 Å². The largest absolute Gasteiger partial charge is 0.384 e. The minimum atomic E-state index is 0.146. The molecule has 1 aliphatic carbocycles. The Labute approximate surface area is 94.8 Å². The lowest BCUT2D eigenvalue weighted by Crippen LogP contribution is -2.10. The van der Waals surface area contributed by atoms with Crippen LogP contribution in [0.5, 0.6) is 0 Å². The van der Waals surface area contributed by atoms with E-state index in [2.05, 4.69) is 12.1 Å². The Kier molecular flexibility index (Phi) is 3.31. The second-order valence-corrected chi connectivity index (χ2v) is 5.34. The molecular weight excluding hydrogens is 204 g/mol. The minimum absolute atomic E-state index is 0.146. The molecular formula is C12H16N2S. The van der Waals surface area contributed by atoms with Crippen molar-refractivity contribution in [1.29, 1.82) is 5.41 Å². The van der Waals surface area contributed by atoms with Crippen molar-refractivity contribution >= 4 is 17.6 Å². The summed E-state index contributed by atoms with van der Waals surface area (Å²) in [5.41, 5.74) is 6.21. The number of thioether (sulfide) groups is 1. The Hall–Kier alpha value is -0.960. The van der Waals surface area contributed by atoms with Crippen LogP contribution < -0.4 is 5.73 Å². The van der Waals surface area contributed by atoms with E-state index in [0.29, 0.717) is 0 Å². The summed E-state index contributed by atoms with van der Waals surface area (Å²) in [6, 6.07) is 8.00. The molecule has 0 saturated heterocycles. The molecule has 0 unspecified atom stereocenters. The number of rotatable bonds is 3. The summed E-state index contributed by atoms with van der Waals surface area (Å²) in [6.45, 7) is 0. The van der Waals surface area contributed by atoms with Gasteiger partial charge >= 0.3 is 0 Å². The van der Waals surface area contributed by atoms with E-state index in [4.69, 9.17) is 11.1 Å². The molecule has 0 atom stereocenters. The van der Waals surface area contributed by atoms with E-state index in [0.717, 1.165) is 10.8 Å². The number of benzene rings is 1. The zero-order chi connectivity index (χ0) is 10.7. The van der Waals surface area contributed by atoms with Crippen molar-refractivity contribution in [3.63, 3.8) is 0 Å². The van der Waals surface area contributed by atoms with Gasteiger partial charge in [0.15, 0.2) is 0 Å². The summed E-state index contributed by atoms with van der Waals surface area (Å²) in [5.74, 6) is 0.146. The molecule has 1 aliphatic rings. The summed E-state index contributed by atoms with van der Waals surface area (Å²) in [5, 5.41) is 8.10. The van der Waals surface area contributed by atoms with E-state index in [-0.39, 0.29) is 5.84 Å². The molecule has 0 aliphatic heterocycles. The van der Waals surface area contributed by atoms with Gasteiger partial charge in [0.05, 0.1) is 0 Å². The Balaban J connectivity index is 2.00. The molecule has 0 spiro atoms. The Morgan fingerprint density at radius 1 is 1.20 bits per heavy atom. The third-order valence-electron chi connectivity index (χ3n) is 2.77. The number of amidine groups is 1. The van der Waals surface area contributed by atoms with Crippen molar-refractivity contribution in [2.24, 2.45) is 5.73 Å². The third-order valence-corrected chi connectivity index (χ3v) is 4.12. The quantitative estimate of drug-likeness (QED) is 0.607. The molecule has 0 aromatic heterocycles. The van der Waals surface area contributed by atoms with Crippen LogP contribution in [-0.4, -0.2) is 11.1 Å². The molecule has 0 bridgehead atoms. The first-order valence-electron chi connectivity index (χ1n) is 5.37. The fourth-order valence-electron chi connectivity index (χ4n) is 1.91. The van der Waals surface area contributed by atoms with Crippen LogP contribution in [0.2, 0.25) is 0 Å². The summed E-state index contributed by atoms with van der Waals surface area (Å²) >= 11 is 1.96. The molecule has 3 N–H and O–H groups in total. The van der Waals surface area contributed by atoms with E-state index in [9.17, 15) is 0 Å². The predicted octanol–water partition coefficient (Wildman–Crippen LogP) is 3.01. The number of hydrogen-bond donors (Lipinski definition) is 2. The normalized spacial score (nSPS) is 16.8. The minimum Gasteiger partial charge on any atom is -0.384 e. The van der Waals surface area contributed by atoms with Gasteiger partial charge in [-0.3, -0.25) is 5.41 Å². The number of hydrogen-bond acceptors (Lipinski definition) is 2. The average molecular weight is 220 g/mol. The topological polar surface area (TPSA) is 49.9 Å². The second-order valence-electron chi connectivity index (χ2n) is 3.96.